The fraction of sp³-hybridized carbons (Fsp3) is 0.778. The van der Waals surface area contributed by atoms with E-state index in [4.69, 9.17) is 0 Å². The topological polar surface area (TPSA) is 78.4 Å². The van der Waals surface area contributed by atoms with Gasteiger partial charge in [0.15, 0.2) is 4.34 Å². The van der Waals surface area contributed by atoms with Crippen LogP contribution in [0.25, 0.3) is 0 Å². The zero-order valence-corrected chi connectivity index (χ0v) is 17.8. The summed E-state index contributed by atoms with van der Waals surface area (Å²) in [6.07, 6.45) is 5.77. The van der Waals surface area contributed by atoms with Crippen molar-refractivity contribution in [3.05, 3.63) is 0 Å². The minimum Gasteiger partial charge on any atom is -0.353 e. The van der Waals surface area contributed by atoms with Crippen LogP contribution in [-0.4, -0.2) is 64.9 Å². The molecule has 9 heteroatoms. The lowest BCUT2D eigenvalue weighted by Crippen LogP contribution is -2.50. The van der Waals surface area contributed by atoms with Gasteiger partial charge in [-0.25, -0.2) is 0 Å². The van der Waals surface area contributed by atoms with Crippen LogP contribution in [0, 0.1) is 5.92 Å². The third-order valence-electron chi connectivity index (χ3n) is 4.99. The molecule has 0 radical (unpaired) electrons. The van der Waals surface area contributed by atoms with Gasteiger partial charge in [-0.1, -0.05) is 42.4 Å². The van der Waals surface area contributed by atoms with E-state index in [1.54, 1.807) is 0 Å². The molecule has 7 nitrogen and oxygen atoms in total. The lowest BCUT2D eigenvalue weighted by molar-refractivity contribution is -0.136. The molecule has 1 N–H and O–H groups in total. The lowest BCUT2D eigenvalue weighted by atomic mass is 9.88. The van der Waals surface area contributed by atoms with Crippen molar-refractivity contribution in [3.8, 4) is 0 Å². The zero-order valence-electron chi connectivity index (χ0n) is 16.1. The number of amides is 2. The summed E-state index contributed by atoms with van der Waals surface area (Å²) in [6.45, 7) is 7.01. The van der Waals surface area contributed by atoms with Crippen molar-refractivity contribution < 1.29 is 9.59 Å². The molecule has 2 amide bonds. The molecular formula is C18H29N5O2S2. The van der Waals surface area contributed by atoms with Crippen LogP contribution in [0.3, 0.4) is 0 Å². The molecule has 150 valence electrons. The van der Waals surface area contributed by atoms with Crippen molar-refractivity contribution >= 4 is 40.0 Å². The van der Waals surface area contributed by atoms with E-state index in [0.717, 1.165) is 48.5 Å². The second kappa shape index (κ2) is 9.73. The van der Waals surface area contributed by atoms with Gasteiger partial charge in [-0.3, -0.25) is 9.59 Å². The summed E-state index contributed by atoms with van der Waals surface area (Å²) in [5, 5.41) is 12.2. The molecule has 1 aromatic heterocycles. The first-order chi connectivity index (χ1) is 13.0. The monoisotopic (exact) mass is 411 g/mol. The average molecular weight is 412 g/mol. The van der Waals surface area contributed by atoms with E-state index in [1.807, 2.05) is 18.7 Å². The second-order valence-corrected chi connectivity index (χ2v) is 9.69. The predicted molar refractivity (Wildman–Crippen MR) is 109 cm³/mol. The van der Waals surface area contributed by atoms with Gasteiger partial charge in [0, 0.05) is 38.1 Å². The third-order valence-corrected chi connectivity index (χ3v) is 7.11. The molecule has 0 unspecified atom stereocenters. The standard InChI is InChI=1S/C18H29N5O2S2/c1-13(2)19-15(24)12-26-18-21-20-17(27-18)23-10-8-22(9-11-23)16(25)14-6-4-3-5-7-14/h13-14H,3-12H2,1-2H3,(H,19,24). The first kappa shape index (κ1) is 20.4. The van der Waals surface area contributed by atoms with Gasteiger partial charge < -0.3 is 15.1 Å². The van der Waals surface area contributed by atoms with E-state index in [0.29, 0.717) is 11.7 Å². The Labute approximate surface area is 169 Å². The Hall–Kier alpha value is -1.35. The Morgan fingerprint density at radius 2 is 1.85 bits per heavy atom. The SMILES string of the molecule is CC(C)NC(=O)CSc1nnc(N2CCN(C(=O)C3CCCCC3)CC2)s1. The summed E-state index contributed by atoms with van der Waals surface area (Å²) in [4.78, 5) is 28.6. The highest BCUT2D eigenvalue weighted by Gasteiger charge is 2.29. The lowest BCUT2D eigenvalue weighted by Gasteiger charge is -2.36. The molecule has 1 aliphatic heterocycles. The summed E-state index contributed by atoms with van der Waals surface area (Å²) in [6, 6.07) is 0.149. The van der Waals surface area contributed by atoms with Gasteiger partial charge in [0.1, 0.15) is 0 Å². The Kier molecular flexibility index (Phi) is 7.34. The first-order valence-corrected chi connectivity index (χ1v) is 11.6. The van der Waals surface area contributed by atoms with Crippen molar-refractivity contribution in [1.82, 2.24) is 20.4 Å². The van der Waals surface area contributed by atoms with Crippen LogP contribution < -0.4 is 10.2 Å². The van der Waals surface area contributed by atoms with Crippen molar-refractivity contribution in [3.63, 3.8) is 0 Å². The van der Waals surface area contributed by atoms with E-state index >= 15 is 0 Å². The van der Waals surface area contributed by atoms with Crippen molar-refractivity contribution in [1.29, 1.82) is 0 Å². The number of hydrogen-bond donors (Lipinski definition) is 1. The number of piperazine rings is 1. The van der Waals surface area contributed by atoms with Crippen LogP contribution in [0.2, 0.25) is 0 Å². The molecule has 2 aliphatic rings. The van der Waals surface area contributed by atoms with E-state index in [9.17, 15) is 9.59 Å². The molecule has 0 atom stereocenters. The molecule has 2 heterocycles. The largest absolute Gasteiger partial charge is 0.353 e. The van der Waals surface area contributed by atoms with Gasteiger partial charge >= 0.3 is 0 Å². The molecule has 1 saturated heterocycles. The van der Waals surface area contributed by atoms with Gasteiger partial charge in [-0.15, -0.1) is 10.2 Å². The van der Waals surface area contributed by atoms with Crippen molar-refractivity contribution in [2.45, 2.75) is 56.3 Å². The Morgan fingerprint density at radius 3 is 2.52 bits per heavy atom. The maximum atomic E-state index is 12.7. The van der Waals surface area contributed by atoms with Gasteiger partial charge in [0.25, 0.3) is 0 Å². The van der Waals surface area contributed by atoms with Crippen LogP contribution in [-0.2, 0) is 9.59 Å². The first-order valence-electron chi connectivity index (χ1n) is 9.82. The summed E-state index contributed by atoms with van der Waals surface area (Å²) >= 11 is 2.94. The van der Waals surface area contributed by atoms with Gasteiger partial charge in [0.05, 0.1) is 5.75 Å². The zero-order chi connectivity index (χ0) is 19.2. The fourth-order valence-corrected chi connectivity index (χ4v) is 5.31. The number of nitrogens with zero attached hydrogens (tertiary/aromatic N) is 4. The molecule has 2 fully saturated rings. The number of rotatable bonds is 6. The number of hydrogen-bond acceptors (Lipinski definition) is 7. The Balaban J connectivity index is 1.45. The summed E-state index contributed by atoms with van der Waals surface area (Å²) < 4.78 is 0.810. The predicted octanol–water partition coefficient (Wildman–Crippen LogP) is 2.38. The van der Waals surface area contributed by atoms with Crippen LogP contribution in [0.4, 0.5) is 5.13 Å². The van der Waals surface area contributed by atoms with Crippen LogP contribution in [0.15, 0.2) is 4.34 Å². The highest BCUT2D eigenvalue weighted by Crippen LogP contribution is 2.29. The highest BCUT2D eigenvalue weighted by molar-refractivity contribution is 8.01. The molecular weight excluding hydrogens is 382 g/mol. The molecule has 0 spiro atoms. The smallest absolute Gasteiger partial charge is 0.230 e. The van der Waals surface area contributed by atoms with Gasteiger partial charge in [-0.05, 0) is 26.7 Å². The molecule has 1 aliphatic carbocycles. The number of carbonyl (C=O) groups is 2. The van der Waals surface area contributed by atoms with Crippen molar-refractivity contribution in [2.75, 3.05) is 36.8 Å². The minimum absolute atomic E-state index is 0.0154. The quantitative estimate of drug-likeness (QED) is 0.724. The molecule has 1 aromatic rings. The van der Waals surface area contributed by atoms with Gasteiger partial charge in [0.2, 0.25) is 16.9 Å². The number of carbonyl (C=O) groups excluding carboxylic acids is 2. The van der Waals surface area contributed by atoms with E-state index < -0.39 is 0 Å². The van der Waals surface area contributed by atoms with Crippen LogP contribution in [0.1, 0.15) is 46.0 Å². The molecule has 27 heavy (non-hydrogen) atoms. The van der Waals surface area contributed by atoms with E-state index in [2.05, 4.69) is 20.4 Å². The summed E-state index contributed by atoms with van der Waals surface area (Å²) in [7, 11) is 0. The molecule has 0 aromatic carbocycles. The molecule has 1 saturated carbocycles. The number of nitrogens with one attached hydrogen (secondary N) is 1. The number of aromatic nitrogens is 2. The average Bonchev–Trinajstić information content (AvgIpc) is 3.15. The fourth-order valence-electron chi connectivity index (χ4n) is 3.61. The van der Waals surface area contributed by atoms with Gasteiger partial charge in [-0.2, -0.15) is 0 Å². The van der Waals surface area contributed by atoms with E-state index in [-0.39, 0.29) is 17.9 Å². The summed E-state index contributed by atoms with van der Waals surface area (Å²) in [5.74, 6) is 0.962. The minimum atomic E-state index is 0.0154. The maximum absolute atomic E-state index is 12.7. The molecule has 0 bridgehead atoms. The Bertz CT molecular complexity index is 637. The van der Waals surface area contributed by atoms with Crippen LogP contribution in [0.5, 0.6) is 0 Å². The van der Waals surface area contributed by atoms with E-state index in [1.165, 1.54) is 42.4 Å². The number of thioether (sulfide) groups is 1. The third kappa shape index (κ3) is 5.81. The number of anilines is 1. The summed E-state index contributed by atoms with van der Waals surface area (Å²) in [5.41, 5.74) is 0. The van der Waals surface area contributed by atoms with Crippen LogP contribution >= 0.6 is 23.1 Å². The Morgan fingerprint density at radius 1 is 1.15 bits per heavy atom. The second-order valence-electron chi connectivity index (χ2n) is 7.51. The normalized spacial score (nSPS) is 18.8. The van der Waals surface area contributed by atoms with Crippen molar-refractivity contribution in [2.24, 2.45) is 5.92 Å². The highest BCUT2D eigenvalue weighted by atomic mass is 32.2. The molecule has 3 rings (SSSR count). The maximum Gasteiger partial charge on any atom is 0.230 e.